The van der Waals surface area contributed by atoms with Gasteiger partial charge in [0.25, 0.3) is 0 Å². The van der Waals surface area contributed by atoms with Gasteiger partial charge in [0.15, 0.2) is 17.5 Å². The molecular weight excluding hydrogens is 1670 g/mol. The summed E-state index contributed by atoms with van der Waals surface area (Å²) in [6.07, 6.45) is 0. The van der Waals surface area contributed by atoms with Crippen molar-refractivity contribution in [2.45, 2.75) is 0 Å². The highest BCUT2D eigenvalue weighted by atomic mass is 15.0. The average molecular weight is 1750 g/mol. The first-order chi connectivity index (χ1) is 68.0. The van der Waals surface area contributed by atoms with E-state index in [1.165, 1.54) is 104 Å². The first kappa shape index (κ1) is 79.4. The molecule has 640 valence electrons. The molecule has 8 aromatic heterocycles. The summed E-state index contributed by atoms with van der Waals surface area (Å²) in [4.78, 5) is 30.7. The Morgan fingerprint density at radius 2 is 0.350 bits per heavy atom. The molecule has 0 saturated carbocycles. The van der Waals surface area contributed by atoms with Crippen molar-refractivity contribution >= 4 is 142 Å². The van der Waals surface area contributed by atoms with Gasteiger partial charge in [-0.15, -0.1) is 0 Å². The van der Waals surface area contributed by atoms with Crippen LogP contribution >= 0.6 is 0 Å². The van der Waals surface area contributed by atoms with Gasteiger partial charge in [-0.1, -0.05) is 315 Å². The first-order valence-electron chi connectivity index (χ1n) is 46.4. The lowest BCUT2D eigenvalue weighted by molar-refractivity contribution is 1.17. The number of para-hydroxylation sites is 12. The van der Waals surface area contributed by atoms with Crippen LogP contribution in [0.15, 0.2) is 491 Å². The minimum absolute atomic E-state index is 0.712. The van der Waals surface area contributed by atoms with Crippen LogP contribution in [0.2, 0.25) is 0 Å². The van der Waals surface area contributed by atoms with Crippen LogP contribution in [-0.4, -0.2) is 52.7 Å². The van der Waals surface area contributed by atoms with Gasteiger partial charge in [-0.25, -0.2) is 29.9 Å². The Bertz CT molecular complexity index is 9460. The topological polar surface area (TPSA) is 102 Å². The third kappa shape index (κ3) is 13.8. The van der Waals surface area contributed by atoms with Gasteiger partial charge in [-0.2, -0.15) is 0 Å². The standard InChI is InChI=1S/2C44H28N4.C38H25N3/c1-2-12-31(13-3-1)47-41-21-11-7-16-35(41)37-28-30(24-27-42(37)47)43-36-17-4-8-18-38(36)45-44(46-43)29-22-25-32(26-23-29)48-39-19-9-5-14-33(39)34-15-6-10-20-40(34)48;1-2-12-31(13-3-1)47-41-21-11-7-16-35(41)37-28-30(24-27-42(37)47)44-45-38-18-8-4-17-36(38)43(46-44)29-22-25-32(26-23-29)48-39-19-9-5-14-33(39)34-15-6-10-20-40(34)48;1-4-12-26(13-5-1)37-33-24-28(21-23-34(33)39-38(40-37)27-14-6-2-7-15-27)29-20-22-32-31-18-10-11-19-35(31)41(36(32)25-29)30-16-8-3-9-17-30/h2*1-28H;1-25H. The van der Waals surface area contributed by atoms with Crippen LogP contribution < -0.4 is 0 Å². The van der Waals surface area contributed by atoms with Crippen LogP contribution in [0.5, 0.6) is 0 Å². The lowest BCUT2D eigenvalue weighted by Gasteiger charge is -2.12. The summed E-state index contributed by atoms with van der Waals surface area (Å²) < 4.78 is 11.7. The number of nitrogens with zero attached hydrogens (tertiary/aromatic N) is 11. The Morgan fingerprint density at radius 1 is 0.117 bits per heavy atom. The summed E-state index contributed by atoms with van der Waals surface area (Å²) in [5.74, 6) is 2.16. The highest BCUT2D eigenvalue weighted by molar-refractivity contribution is 6.15. The third-order valence-electron chi connectivity index (χ3n) is 26.9. The lowest BCUT2D eigenvalue weighted by atomic mass is 9.99. The van der Waals surface area contributed by atoms with Crippen molar-refractivity contribution in [3.63, 3.8) is 0 Å². The van der Waals surface area contributed by atoms with E-state index in [4.69, 9.17) is 29.9 Å². The molecule has 0 atom stereocenters. The summed E-state index contributed by atoms with van der Waals surface area (Å²) in [5.41, 5.74) is 31.6. The number of fused-ring (bicyclic) bond motifs is 18. The van der Waals surface area contributed by atoms with Crippen LogP contribution in [0.3, 0.4) is 0 Å². The van der Waals surface area contributed by atoms with Gasteiger partial charge in [0, 0.05) is 132 Å². The maximum atomic E-state index is 5.26. The predicted molar refractivity (Wildman–Crippen MR) is 568 cm³/mol. The Kier molecular flexibility index (Phi) is 19.3. The van der Waals surface area contributed by atoms with Crippen LogP contribution in [0, 0.1) is 0 Å². The van der Waals surface area contributed by atoms with Gasteiger partial charge in [-0.05, 0) is 187 Å². The zero-order valence-electron chi connectivity index (χ0n) is 74.2. The van der Waals surface area contributed by atoms with Gasteiger partial charge < -0.3 is 22.8 Å². The summed E-state index contributed by atoms with van der Waals surface area (Å²) in [6, 6.07) is 173. The van der Waals surface area contributed by atoms with Crippen molar-refractivity contribution in [3.05, 3.63) is 491 Å². The molecule has 0 aliphatic carbocycles. The molecule has 0 spiro atoms. The van der Waals surface area contributed by atoms with Crippen LogP contribution in [0.1, 0.15) is 0 Å². The second kappa shape index (κ2) is 33.4. The van der Waals surface area contributed by atoms with Crippen LogP contribution in [0.25, 0.3) is 249 Å². The maximum absolute atomic E-state index is 5.26. The molecular formula is C126H81N11. The third-order valence-corrected chi connectivity index (χ3v) is 26.9. The average Bonchev–Trinajstić information content (AvgIpc) is 1.61. The molecule has 11 heteroatoms. The van der Waals surface area contributed by atoms with Gasteiger partial charge >= 0.3 is 0 Å². The maximum Gasteiger partial charge on any atom is 0.160 e. The molecule has 0 aliphatic heterocycles. The predicted octanol–water partition coefficient (Wildman–Crippen LogP) is 32.0. The van der Waals surface area contributed by atoms with E-state index in [0.29, 0.717) is 11.6 Å². The molecule has 0 unspecified atom stereocenters. The summed E-state index contributed by atoms with van der Waals surface area (Å²) in [7, 11) is 0. The number of benzene rings is 20. The molecule has 137 heavy (non-hydrogen) atoms. The normalized spacial score (nSPS) is 11.6. The van der Waals surface area contributed by atoms with Gasteiger partial charge in [0.05, 0.1) is 88.8 Å². The molecule has 0 radical (unpaired) electrons. The van der Waals surface area contributed by atoms with E-state index < -0.39 is 0 Å². The highest BCUT2D eigenvalue weighted by Gasteiger charge is 2.24. The Balaban J connectivity index is 0.000000107. The van der Waals surface area contributed by atoms with Gasteiger partial charge in [-0.3, -0.25) is 0 Å². The number of aromatic nitrogens is 11. The SMILES string of the molecule is c1ccc(-c2nc(-c3ccccc3)c3cc(-c4ccc5c6ccccc6n(-c6ccccc6)c5c4)ccc3n2)cc1.c1ccc(-n2c3ccccc3c3cc(-c4nc(-c5ccc(-n6c7ccccc7c7ccccc76)cc5)c5ccccc5n4)ccc32)cc1.c1ccc(-n2c3ccccc3c3cc(-c4nc(-c5ccc(-n6c7ccccc7c7ccccc76)cc5)nc5ccccc45)ccc32)cc1. The second-order valence-electron chi connectivity index (χ2n) is 34.8. The van der Waals surface area contributed by atoms with Crippen molar-refractivity contribution in [3.8, 4) is 107 Å². The molecule has 0 amide bonds. The second-order valence-corrected chi connectivity index (χ2v) is 34.8. The van der Waals surface area contributed by atoms with Gasteiger partial charge in [0.2, 0.25) is 0 Å². The smallest absolute Gasteiger partial charge is 0.160 e. The zero-order chi connectivity index (χ0) is 90.4. The number of rotatable bonds is 12. The fraction of sp³-hybridized carbons (Fsp3) is 0. The number of hydrogen-bond donors (Lipinski definition) is 0. The molecule has 28 rings (SSSR count). The summed E-state index contributed by atoms with van der Waals surface area (Å²) in [5, 5.41) is 15.4. The minimum atomic E-state index is 0.712. The minimum Gasteiger partial charge on any atom is -0.309 e. The summed E-state index contributed by atoms with van der Waals surface area (Å²) >= 11 is 0. The molecule has 0 aliphatic rings. The van der Waals surface area contributed by atoms with E-state index >= 15 is 0 Å². The Morgan fingerprint density at radius 3 is 0.766 bits per heavy atom. The molecule has 0 N–H and O–H groups in total. The van der Waals surface area contributed by atoms with E-state index in [1.807, 2.05) is 36.4 Å². The van der Waals surface area contributed by atoms with Crippen LogP contribution in [-0.2, 0) is 0 Å². The molecule has 0 fully saturated rings. The zero-order valence-corrected chi connectivity index (χ0v) is 74.2. The van der Waals surface area contributed by atoms with Crippen molar-refractivity contribution in [2.75, 3.05) is 0 Å². The molecule has 20 aromatic carbocycles. The van der Waals surface area contributed by atoms with Crippen molar-refractivity contribution in [1.82, 2.24) is 52.7 Å². The van der Waals surface area contributed by atoms with Crippen molar-refractivity contribution < 1.29 is 0 Å². The fourth-order valence-corrected chi connectivity index (χ4v) is 20.6. The Labute approximate surface area is 788 Å². The lowest BCUT2D eigenvalue weighted by Crippen LogP contribution is -1.97. The molecule has 8 heterocycles. The fourth-order valence-electron chi connectivity index (χ4n) is 20.6. The van der Waals surface area contributed by atoms with Gasteiger partial charge in [0.1, 0.15) is 0 Å². The van der Waals surface area contributed by atoms with Crippen molar-refractivity contribution in [1.29, 1.82) is 0 Å². The molecule has 0 bridgehead atoms. The molecule has 11 nitrogen and oxygen atoms in total. The molecule has 0 saturated heterocycles. The van der Waals surface area contributed by atoms with E-state index in [1.54, 1.807) is 0 Å². The first-order valence-corrected chi connectivity index (χ1v) is 46.4. The van der Waals surface area contributed by atoms with E-state index in [9.17, 15) is 0 Å². The summed E-state index contributed by atoms with van der Waals surface area (Å²) in [6.45, 7) is 0. The van der Waals surface area contributed by atoms with Crippen molar-refractivity contribution in [2.24, 2.45) is 0 Å². The quantitative estimate of drug-likeness (QED) is 0.121. The largest absolute Gasteiger partial charge is 0.309 e. The Hall–Kier alpha value is -18.6. The monoisotopic (exact) mass is 1750 g/mol. The number of hydrogen-bond acceptors (Lipinski definition) is 6. The van der Waals surface area contributed by atoms with E-state index in [0.717, 1.165) is 134 Å². The van der Waals surface area contributed by atoms with E-state index in [2.05, 4.69) is 478 Å². The van der Waals surface area contributed by atoms with Crippen LogP contribution in [0.4, 0.5) is 0 Å². The van der Waals surface area contributed by atoms with E-state index in [-0.39, 0.29) is 0 Å². The highest BCUT2D eigenvalue weighted by Crippen LogP contribution is 2.44. The molecule has 28 aromatic rings.